The van der Waals surface area contributed by atoms with E-state index >= 15 is 0 Å². The molecule has 2 aliphatic rings. The molecule has 1 amide bonds. The summed E-state index contributed by atoms with van der Waals surface area (Å²) in [6.07, 6.45) is 7.04. The first-order chi connectivity index (χ1) is 17.6. The Balaban J connectivity index is 1.15. The van der Waals surface area contributed by atoms with Crippen LogP contribution in [0.4, 0.5) is 10.9 Å². The van der Waals surface area contributed by atoms with Gasteiger partial charge in [-0.05, 0) is 36.9 Å². The molecule has 4 aromatic heterocycles. The highest BCUT2D eigenvalue weighted by atomic mass is 32.1. The first-order valence-electron chi connectivity index (χ1n) is 11.9. The predicted molar refractivity (Wildman–Crippen MR) is 138 cm³/mol. The number of aromatic nitrogens is 4. The molecule has 10 heteroatoms. The van der Waals surface area contributed by atoms with Crippen LogP contribution in [-0.2, 0) is 25.9 Å². The second-order valence-corrected chi connectivity index (χ2v) is 9.94. The first kappa shape index (κ1) is 22.6. The monoisotopic (exact) mass is 499 g/mol. The highest BCUT2D eigenvalue weighted by Gasteiger charge is 2.23. The highest BCUT2D eigenvalue weighted by molar-refractivity contribution is 7.15. The average Bonchev–Trinajstić information content (AvgIpc) is 3.55. The average molecular weight is 500 g/mol. The van der Waals surface area contributed by atoms with E-state index in [9.17, 15) is 4.79 Å². The molecular formula is C26H25N7O2S. The molecule has 0 aromatic carbocycles. The number of fused-ring (bicyclic) bond motifs is 2. The van der Waals surface area contributed by atoms with Gasteiger partial charge in [0.15, 0.2) is 5.13 Å². The number of nitrogens with zero attached hydrogens (tertiary/aromatic N) is 5. The Morgan fingerprint density at radius 2 is 2.06 bits per heavy atom. The molecule has 0 bridgehead atoms. The third-order valence-corrected chi connectivity index (χ3v) is 7.33. The fraction of sp³-hybridized carbons (Fsp3) is 0.269. The maximum absolute atomic E-state index is 12.9. The quantitative estimate of drug-likeness (QED) is 0.413. The lowest BCUT2D eigenvalue weighted by molar-refractivity contribution is 0.102. The second kappa shape index (κ2) is 9.63. The summed E-state index contributed by atoms with van der Waals surface area (Å²) in [6.45, 7) is 2.91. The number of ether oxygens (including phenoxy) is 1. The summed E-state index contributed by atoms with van der Waals surface area (Å²) >= 11 is 1.54. The molecule has 4 aromatic rings. The largest absolute Gasteiger partial charge is 0.492 e. The van der Waals surface area contributed by atoms with Crippen LogP contribution < -0.4 is 15.4 Å². The molecule has 2 N–H and O–H groups in total. The Labute approximate surface area is 212 Å². The van der Waals surface area contributed by atoms with Crippen molar-refractivity contribution >= 4 is 28.2 Å². The van der Waals surface area contributed by atoms with Crippen LogP contribution in [0.3, 0.4) is 0 Å². The van der Waals surface area contributed by atoms with Crippen molar-refractivity contribution in [2.75, 3.05) is 30.8 Å². The molecule has 6 rings (SSSR count). The van der Waals surface area contributed by atoms with Crippen LogP contribution in [0.25, 0.3) is 11.1 Å². The van der Waals surface area contributed by atoms with E-state index in [0.717, 1.165) is 65.6 Å². The van der Waals surface area contributed by atoms with E-state index in [1.807, 2.05) is 30.5 Å². The molecule has 182 valence electrons. The van der Waals surface area contributed by atoms with E-state index in [4.69, 9.17) is 4.74 Å². The summed E-state index contributed by atoms with van der Waals surface area (Å²) in [7, 11) is 2.09. The summed E-state index contributed by atoms with van der Waals surface area (Å²) in [6, 6.07) is 9.35. The van der Waals surface area contributed by atoms with Crippen molar-refractivity contribution in [3.05, 3.63) is 76.4 Å². The molecule has 0 fully saturated rings. The Morgan fingerprint density at radius 3 is 2.94 bits per heavy atom. The van der Waals surface area contributed by atoms with Crippen LogP contribution in [0, 0.1) is 0 Å². The Morgan fingerprint density at radius 1 is 1.17 bits per heavy atom. The van der Waals surface area contributed by atoms with Crippen molar-refractivity contribution in [1.29, 1.82) is 0 Å². The van der Waals surface area contributed by atoms with Crippen molar-refractivity contribution in [3.63, 3.8) is 0 Å². The lowest BCUT2D eigenvalue weighted by Crippen LogP contribution is -2.25. The van der Waals surface area contributed by atoms with E-state index < -0.39 is 0 Å². The molecule has 36 heavy (non-hydrogen) atoms. The number of carbonyl (C=O) groups is 1. The minimum absolute atomic E-state index is 0.259. The number of thiazole rings is 1. The Kier molecular flexibility index (Phi) is 6.04. The molecule has 0 radical (unpaired) electrons. The van der Waals surface area contributed by atoms with Gasteiger partial charge in [0.05, 0.1) is 24.5 Å². The lowest BCUT2D eigenvalue weighted by atomic mass is 10.0. The molecule has 0 saturated heterocycles. The minimum atomic E-state index is -0.259. The normalized spacial score (nSPS) is 14.6. The number of nitrogens with one attached hydrogen (secondary N) is 2. The Hall–Kier alpha value is -3.89. The molecule has 0 atom stereocenters. The summed E-state index contributed by atoms with van der Waals surface area (Å²) < 4.78 is 5.94. The summed E-state index contributed by atoms with van der Waals surface area (Å²) in [5.41, 5.74) is 5.22. The van der Waals surface area contributed by atoms with Gasteiger partial charge >= 0.3 is 0 Å². The fourth-order valence-electron chi connectivity index (χ4n) is 4.49. The molecule has 0 aliphatic carbocycles. The van der Waals surface area contributed by atoms with Crippen LogP contribution in [0.5, 0.6) is 5.75 Å². The SMILES string of the molecule is CN1CCc2nc(NC(=O)c3cccc(CNc4ncc(-c5ccncc5)c5c4CCO5)n3)sc2C1. The van der Waals surface area contributed by atoms with Gasteiger partial charge in [-0.15, -0.1) is 11.3 Å². The number of rotatable bonds is 6. The third kappa shape index (κ3) is 4.52. The zero-order chi connectivity index (χ0) is 24.5. The van der Waals surface area contributed by atoms with Crippen molar-refractivity contribution in [2.24, 2.45) is 0 Å². The number of hydrogen-bond acceptors (Lipinski definition) is 9. The maximum atomic E-state index is 12.9. The third-order valence-electron chi connectivity index (χ3n) is 6.34. The zero-order valence-corrected chi connectivity index (χ0v) is 20.6. The van der Waals surface area contributed by atoms with Gasteiger partial charge in [-0.3, -0.25) is 15.1 Å². The topological polar surface area (TPSA) is 105 Å². The van der Waals surface area contributed by atoms with Crippen LogP contribution in [-0.4, -0.2) is 50.9 Å². The Bertz CT molecular complexity index is 1420. The van der Waals surface area contributed by atoms with Gasteiger partial charge < -0.3 is 15.0 Å². The van der Waals surface area contributed by atoms with Crippen molar-refractivity contribution < 1.29 is 9.53 Å². The van der Waals surface area contributed by atoms with E-state index in [0.29, 0.717) is 24.0 Å². The molecule has 2 aliphatic heterocycles. The number of likely N-dealkylation sites (N-methyl/N-ethyl adjacent to an activating group) is 1. The molecule has 9 nitrogen and oxygen atoms in total. The van der Waals surface area contributed by atoms with Gasteiger partial charge in [0, 0.05) is 60.5 Å². The number of hydrogen-bond donors (Lipinski definition) is 2. The van der Waals surface area contributed by atoms with Crippen molar-refractivity contribution in [3.8, 4) is 16.9 Å². The minimum Gasteiger partial charge on any atom is -0.492 e. The molecule has 0 spiro atoms. The van der Waals surface area contributed by atoms with Gasteiger partial charge in [0.1, 0.15) is 17.3 Å². The van der Waals surface area contributed by atoms with Gasteiger partial charge in [-0.1, -0.05) is 6.07 Å². The number of anilines is 2. The second-order valence-electron chi connectivity index (χ2n) is 8.86. The van der Waals surface area contributed by atoms with E-state index in [2.05, 4.69) is 42.5 Å². The summed E-state index contributed by atoms with van der Waals surface area (Å²) in [5, 5.41) is 6.93. The van der Waals surface area contributed by atoms with E-state index in [-0.39, 0.29) is 5.91 Å². The van der Waals surface area contributed by atoms with Crippen molar-refractivity contribution in [1.82, 2.24) is 24.8 Å². The number of pyridine rings is 3. The summed E-state index contributed by atoms with van der Waals surface area (Å²) in [5.74, 6) is 1.37. The lowest BCUT2D eigenvalue weighted by Gasteiger charge is -2.20. The van der Waals surface area contributed by atoms with Gasteiger partial charge in [-0.2, -0.15) is 0 Å². The maximum Gasteiger partial charge on any atom is 0.276 e. The summed E-state index contributed by atoms with van der Waals surface area (Å²) in [4.78, 5) is 34.3. The van der Waals surface area contributed by atoms with Crippen molar-refractivity contribution in [2.45, 2.75) is 25.9 Å². The molecule has 0 unspecified atom stereocenters. The van der Waals surface area contributed by atoms with Crippen LogP contribution >= 0.6 is 11.3 Å². The molecular weight excluding hydrogens is 474 g/mol. The predicted octanol–water partition coefficient (Wildman–Crippen LogP) is 3.78. The van der Waals surface area contributed by atoms with Crippen LogP contribution in [0.2, 0.25) is 0 Å². The molecule has 6 heterocycles. The van der Waals surface area contributed by atoms with Gasteiger partial charge in [0.2, 0.25) is 0 Å². The fourth-order valence-corrected chi connectivity index (χ4v) is 5.58. The van der Waals surface area contributed by atoms with Crippen LogP contribution in [0.1, 0.15) is 32.3 Å². The molecule has 0 saturated carbocycles. The standard InChI is InChI=1S/C26H25N7O2S/c1-33-11-7-20-22(15-33)36-26(31-20)32-25(34)21-4-2-3-17(30-21)13-28-24-18-8-12-35-23(18)19(14-29-24)16-5-9-27-10-6-16/h2-6,9-10,14H,7-8,11-13,15H2,1H3,(H,28,29)(H,31,32,34). The van der Waals surface area contributed by atoms with E-state index in [1.165, 1.54) is 16.2 Å². The smallest absolute Gasteiger partial charge is 0.276 e. The van der Waals surface area contributed by atoms with Crippen LogP contribution in [0.15, 0.2) is 48.9 Å². The number of carbonyl (C=O) groups excluding carboxylic acids is 1. The first-order valence-corrected chi connectivity index (χ1v) is 12.7. The van der Waals surface area contributed by atoms with E-state index in [1.54, 1.807) is 18.5 Å². The zero-order valence-electron chi connectivity index (χ0n) is 19.8. The van der Waals surface area contributed by atoms with Gasteiger partial charge in [-0.25, -0.2) is 15.0 Å². The van der Waals surface area contributed by atoms with Gasteiger partial charge in [0.25, 0.3) is 5.91 Å². The highest BCUT2D eigenvalue weighted by Crippen LogP contribution is 2.39. The number of amides is 1.